The van der Waals surface area contributed by atoms with Crippen LogP contribution in [0.25, 0.3) is 0 Å². The molecule has 0 aromatic carbocycles. The third-order valence-electron chi connectivity index (χ3n) is 3.82. The lowest BCUT2D eigenvalue weighted by Gasteiger charge is -2.25. The SMILES string of the molecule is O=c1c(NCCc2cscn2)c(Br)cnn1CC1CCC1. The second kappa shape index (κ2) is 6.70. The fourth-order valence-electron chi connectivity index (χ4n) is 2.36. The Hall–Kier alpha value is -1.21. The molecule has 1 fully saturated rings. The average molecular weight is 369 g/mol. The highest BCUT2D eigenvalue weighted by Crippen LogP contribution is 2.27. The van der Waals surface area contributed by atoms with Gasteiger partial charge in [-0.2, -0.15) is 5.10 Å². The van der Waals surface area contributed by atoms with Crippen molar-refractivity contribution in [1.82, 2.24) is 14.8 Å². The minimum absolute atomic E-state index is 0.0467. The Labute approximate surface area is 135 Å². The number of nitrogens with zero attached hydrogens (tertiary/aromatic N) is 3. The number of rotatable bonds is 6. The van der Waals surface area contributed by atoms with Crippen LogP contribution in [0.1, 0.15) is 25.0 Å². The molecule has 21 heavy (non-hydrogen) atoms. The Morgan fingerprint density at radius 1 is 1.48 bits per heavy atom. The molecule has 0 amide bonds. The van der Waals surface area contributed by atoms with E-state index < -0.39 is 0 Å². The molecule has 3 rings (SSSR count). The summed E-state index contributed by atoms with van der Waals surface area (Å²) in [7, 11) is 0. The predicted molar refractivity (Wildman–Crippen MR) is 87.8 cm³/mol. The standard InChI is InChI=1S/C14H17BrN4OS/c15-12-6-18-19(7-10-2-1-3-10)14(20)13(12)16-5-4-11-8-21-9-17-11/h6,8-10,16H,1-5,7H2. The number of halogens is 1. The number of hydrogen-bond donors (Lipinski definition) is 1. The van der Waals surface area contributed by atoms with Gasteiger partial charge < -0.3 is 5.32 Å². The van der Waals surface area contributed by atoms with E-state index >= 15 is 0 Å². The van der Waals surface area contributed by atoms with Crippen molar-refractivity contribution in [3.63, 3.8) is 0 Å². The van der Waals surface area contributed by atoms with Gasteiger partial charge in [-0.3, -0.25) is 4.79 Å². The molecule has 0 bridgehead atoms. The van der Waals surface area contributed by atoms with E-state index in [1.54, 1.807) is 22.2 Å². The van der Waals surface area contributed by atoms with Gasteiger partial charge in [0.25, 0.3) is 5.56 Å². The molecule has 2 aromatic rings. The second-order valence-corrected chi connectivity index (χ2v) is 6.88. The first-order valence-electron chi connectivity index (χ1n) is 7.10. The van der Waals surface area contributed by atoms with Crippen molar-refractivity contribution in [1.29, 1.82) is 0 Å². The van der Waals surface area contributed by atoms with Crippen molar-refractivity contribution < 1.29 is 0 Å². The van der Waals surface area contributed by atoms with Crippen LogP contribution in [-0.2, 0) is 13.0 Å². The molecule has 2 aromatic heterocycles. The highest BCUT2D eigenvalue weighted by molar-refractivity contribution is 9.10. The molecule has 0 saturated heterocycles. The minimum atomic E-state index is -0.0467. The van der Waals surface area contributed by atoms with Gasteiger partial charge in [0.2, 0.25) is 0 Å². The summed E-state index contributed by atoms with van der Waals surface area (Å²) < 4.78 is 2.30. The van der Waals surface area contributed by atoms with E-state index in [0.717, 1.165) is 23.1 Å². The molecular formula is C14H17BrN4OS. The van der Waals surface area contributed by atoms with E-state index in [2.05, 4.69) is 31.3 Å². The summed E-state index contributed by atoms with van der Waals surface area (Å²) in [6.45, 7) is 1.41. The van der Waals surface area contributed by atoms with Gasteiger partial charge in [-0.25, -0.2) is 9.67 Å². The lowest BCUT2D eigenvalue weighted by atomic mass is 9.85. The van der Waals surface area contributed by atoms with Gasteiger partial charge >= 0.3 is 0 Å². The molecule has 0 radical (unpaired) electrons. The van der Waals surface area contributed by atoms with Crippen LogP contribution >= 0.6 is 27.3 Å². The first kappa shape index (κ1) is 14.7. The summed E-state index contributed by atoms with van der Waals surface area (Å²) in [5, 5.41) is 9.46. The van der Waals surface area contributed by atoms with Crippen LogP contribution in [0.2, 0.25) is 0 Å². The highest BCUT2D eigenvalue weighted by atomic mass is 79.9. The molecule has 0 aliphatic heterocycles. The maximum atomic E-state index is 12.5. The van der Waals surface area contributed by atoms with Crippen molar-refractivity contribution in [2.75, 3.05) is 11.9 Å². The van der Waals surface area contributed by atoms with Gasteiger partial charge in [0.05, 0.1) is 21.9 Å². The van der Waals surface area contributed by atoms with Crippen molar-refractivity contribution >= 4 is 33.0 Å². The lowest BCUT2D eigenvalue weighted by molar-refractivity contribution is 0.262. The zero-order valence-electron chi connectivity index (χ0n) is 11.6. The van der Waals surface area contributed by atoms with E-state index in [1.807, 2.05) is 10.9 Å². The van der Waals surface area contributed by atoms with Gasteiger partial charge in [-0.15, -0.1) is 11.3 Å². The van der Waals surface area contributed by atoms with E-state index in [1.165, 1.54) is 19.3 Å². The summed E-state index contributed by atoms with van der Waals surface area (Å²) in [5.74, 6) is 0.610. The van der Waals surface area contributed by atoms with Crippen LogP contribution in [0.3, 0.4) is 0 Å². The number of hydrogen-bond acceptors (Lipinski definition) is 5. The Morgan fingerprint density at radius 2 is 2.33 bits per heavy atom. The second-order valence-electron chi connectivity index (χ2n) is 5.31. The molecular weight excluding hydrogens is 352 g/mol. The predicted octanol–water partition coefficient (Wildman–Crippen LogP) is 2.92. The third-order valence-corrected chi connectivity index (χ3v) is 5.06. The maximum Gasteiger partial charge on any atom is 0.291 e. The molecule has 1 aliphatic carbocycles. The smallest absolute Gasteiger partial charge is 0.291 e. The summed E-state index contributed by atoms with van der Waals surface area (Å²) in [6, 6.07) is 0. The zero-order chi connectivity index (χ0) is 14.7. The number of aromatic nitrogens is 3. The molecule has 0 atom stereocenters. The summed E-state index contributed by atoms with van der Waals surface area (Å²) in [5.41, 5.74) is 3.42. The monoisotopic (exact) mass is 368 g/mol. The largest absolute Gasteiger partial charge is 0.379 e. The minimum Gasteiger partial charge on any atom is -0.379 e. The van der Waals surface area contributed by atoms with Crippen molar-refractivity contribution in [2.45, 2.75) is 32.2 Å². The lowest BCUT2D eigenvalue weighted by Crippen LogP contribution is -2.31. The summed E-state index contributed by atoms with van der Waals surface area (Å²) in [6.07, 6.45) is 6.19. The fourth-order valence-corrected chi connectivity index (χ4v) is 3.35. The van der Waals surface area contributed by atoms with Crippen LogP contribution in [0.5, 0.6) is 0 Å². The third kappa shape index (κ3) is 3.52. The fraction of sp³-hybridized carbons (Fsp3) is 0.500. The molecule has 0 unspecified atom stereocenters. The van der Waals surface area contributed by atoms with Crippen LogP contribution in [-0.4, -0.2) is 21.3 Å². The van der Waals surface area contributed by atoms with Crippen LogP contribution in [0, 0.1) is 5.92 Å². The summed E-state index contributed by atoms with van der Waals surface area (Å²) in [4.78, 5) is 16.7. The quantitative estimate of drug-likeness (QED) is 0.851. The molecule has 1 N–H and O–H groups in total. The molecule has 112 valence electrons. The van der Waals surface area contributed by atoms with Crippen molar-refractivity contribution in [3.05, 3.63) is 37.6 Å². The number of nitrogens with one attached hydrogen (secondary N) is 1. The molecule has 0 spiro atoms. The molecule has 5 nitrogen and oxygen atoms in total. The molecule has 7 heteroatoms. The molecule has 1 saturated carbocycles. The molecule has 2 heterocycles. The van der Waals surface area contributed by atoms with E-state index in [9.17, 15) is 4.79 Å². The van der Waals surface area contributed by atoms with Gasteiger partial charge in [-0.05, 0) is 34.7 Å². The van der Waals surface area contributed by atoms with Crippen LogP contribution in [0.15, 0.2) is 26.4 Å². The van der Waals surface area contributed by atoms with Crippen LogP contribution in [0.4, 0.5) is 5.69 Å². The maximum absolute atomic E-state index is 12.5. The first-order chi connectivity index (χ1) is 10.2. The molecule has 1 aliphatic rings. The van der Waals surface area contributed by atoms with Gasteiger partial charge in [0, 0.05) is 24.9 Å². The number of anilines is 1. The topological polar surface area (TPSA) is 59.8 Å². The zero-order valence-corrected chi connectivity index (χ0v) is 14.0. The Morgan fingerprint density at radius 3 is 3.00 bits per heavy atom. The van der Waals surface area contributed by atoms with E-state index in [4.69, 9.17) is 0 Å². The van der Waals surface area contributed by atoms with Gasteiger partial charge in [0.1, 0.15) is 5.69 Å². The van der Waals surface area contributed by atoms with Crippen LogP contribution < -0.4 is 10.9 Å². The van der Waals surface area contributed by atoms with Crippen molar-refractivity contribution in [3.8, 4) is 0 Å². The number of thiazole rings is 1. The highest BCUT2D eigenvalue weighted by Gasteiger charge is 2.20. The van der Waals surface area contributed by atoms with E-state index in [-0.39, 0.29) is 5.56 Å². The Balaban J connectivity index is 1.67. The van der Waals surface area contributed by atoms with Gasteiger partial charge in [-0.1, -0.05) is 6.42 Å². The normalized spacial score (nSPS) is 14.9. The first-order valence-corrected chi connectivity index (χ1v) is 8.84. The summed E-state index contributed by atoms with van der Waals surface area (Å²) >= 11 is 4.99. The Kier molecular flexibility index (Phi) is 4.70. The van der Waals surface area contributed by atoms with Crippen molar-refractivity contribution in [2.24, 2.45) is 5.92 Å². The van der Waals surface area contributed by atoms with Gasteiger partial charge in [0.15, 0.2) is 0 Å². The Bertz CT molecular complexity index is 651. The van der Waals surface area contributed by atoms with E-state index in [0.29, 0.717) is 18.2 Å². The average Bonchev–Trinajstić information content (AvgIpc) is 2.93.